The molecule has 3 N–H and O–H groups in total. The van der Waals surface area contributed by atoms with E-state index in [2.05, 4.69) is 5.32 Å². The number of carbonyl (C=O) groups is 1. The number of aromatic hydroxyl groups is 1. The summed E-state index contributed by atoms with van der Waals surface area (Å²) in [5.41, 5.74) is -1.87. The third-order valence-electron chi connectivity index (χ3n) is 3.16. The van der Waals surface area contributed by atoms with Crippen molar-refractivity contribution in [1.29, 1.82) is 0 Å². The SMILES string of the molecule is CC(C)(O)C(C)(C)NC(=O)c1cc(Cl)ccc1O. The summed E-state index contributed by atoms with van der Waals surface area (Å²) >= 11 is 5.78. The van der Waals surface area contributed by atoms with Crippen LogP contribution in [0.5, 0.6) is 5.75 Å². The van der Waals surface area contributed by atoms with Gasteiger partial charge in [-0.15, -0.1) is 0 Å². The molecule has 18 heavy (non-hydrogen) atoms. The topological polar surface area (TPSA) is 69.6 Å². The second-order valence-corrected chi connectivity index (χ2v) is 5.74. The van der Waals surface area contributed by atoms with Gasteiger partial charge in [0.05, 0.1) is 16.7 Å². The van der Waals surface area contributed by atoms with Gasteiger partial charge in [-0.25, -0.2) is 0 Å². The van der Waals surface area contributed by atoms with Crippen molar-refractivity contribution in [2.24, 2.45) is 0 Å². The first-order valence-electron chi connectivity index (χ1n) is 5.58. The van der Waals surface area contributed by atoms with Crippen LogP contribution in [0.4, 0.5) is 0 Å². The summed E-state index contributed by atoms with van der Waals surface area (Å²) < 4.78 is 0. The number of hydrogen-bond donors (Lipinski definition) is 3. The first-order chi connectivity index (χ1) is 8.04. The number of phenolic OH excluding ortho intramolecular Hbond substituents is 1. The maximum atomic E-state index is 12.0. The fourth-order valence-electron chi connectivity index (χ4n) is 1.19. The molecule has 1 rings (SSSR count). The molecule has 0 atom stereocenters. The van der Waals surface area contributed by atoms with E-state index in [-0.39, 0.29) is 11.3 Å². The van der Waals surface area contributed by atoms with E-state index < -0.39 is 17.0 Å². The summed E-state index contributed by atoms with van der Waals surface area (Å²) in [5, 5.41) is 22.6. The molecule has 1 amide bonds. The molecule has 1 aromatic rings. The van der Waals surface area contributed by atoms with Crippen molar-refractivity contribution in [3.63, 3.8) is 0 Å². The molecule has 100 valence electrons. The molecule has 0 radical (unpaired) electrons. The van der Waals surface area contributed by atoms with E-state index in [4.69, 9.17) is 11.6 Å². The van der Waals surface area contributed by atoms with Gasteiger partial charge in [0.1, 0.15) is 5.75 Å². The van der Waals surface area contributed by atoms with Gasteiger partial charge in [-0.05, 0) is 45.9 Å². The predicted octanol–water partition coefficient (Wildman–Crippen LogP) is 2.32. The summed E-state index contributed by atoms with van der Waals surface area (Å²) in [6, 6.07) is 4.23. The average Bonchev–Trinajstić information content (AvgIpc) is 2.19. The summed E-state index contributed by atoms with van der Waals surface area (Å²) in [7, 11) is 0. The molecule has 0 unspecified atom stereocenters. The number of aliphatic hydroxyl groups is 1. The maximum Gasteiger partial charge on any atom is 0.255 e. The van der Waals surface area contributed by atoms with E-state index in [1.165, 1.54) is 18.2 Å². The third kappa shape index (κ3) is 3.15. The van der Waals surface area contributed by atoms with Crippen LogP contribution in [0, 0.1) is 0 Å². The van der Waals surface area contributed by atoms with Gasteiger partial charge in [0.15, 0.2) is 0 Å². The Kier molecular flexibility index (Phi) is 3.93. The lowest BCUT2D eigenvalue weighted by atomic mass is 9.85. The second kappa shape index (κ2) is 4.78. The number of halogens is 1. The van der Waals surface area contributed by atoms with E-state index in [0.29, 0.717) is 5.02 Å². The molecule has 5 heteroatoms. The normalized spacial score (nSPS) is 12.3. The first-order valence-corrected chi connectivity index (χ1v) is 5.96. The van der Waals surface area contributed by atoms with Crippen molar-refractivity contribution in [3.8, 4) is 5.75 Å². The summed E-state index contributed by atoms with van der Waals surface area (Å²) in [6.45, 7) is 6.61. The van der Waals surface area contributed by atoms with Gasteiger partial charge in [0, 0.05) is 5.02 Å². The number of nitrogens with one attached hydrogen (secondary N) is 1. The Balaban J connectivity index is 3.00. The Morgan fingerprint density at radius 3 is 2.33 bits per heavy atom. The molecule has 0 bridgehead atoms. The number of amides is 1. The third-order valence-corrected chi connectivity index (χ3v) is 3.39. The first kappa shape index (κ1) is 14.8. The van der Waals surface area contributed by atoms with Gasteiger partial charge >= 0.3 is 0 Å². The van der Waals surface area contributed by atoms with Crippen molar-refractivity contribution in [2.45, 2.75) is 38.8 Å². The van der Waals surface area contributed by atoms with Crippen LogP contribution in [0.25, 0.3) is 0 Å². The lowest BCUT2D eigenvalue weighted by molar-refractivity contribution is -0.00297. The van der Waals surface area contributed by atoms with E-state index in [1.807, 2.05) is 0 Å². The van der Waals surface area contributed by atoms with Crippen LogP contribution in [-0.4, -0.2) is 27.3 Å². The quantitative estimate of drug-likeness (QED) is 0.790. The lowest BCUT2D eigenvalue weighted by Crippen LogP contribution is -2.57. The van der Waals surface area contributed by atoms with Crippen molar-refractivity contribution in [3.05, 3.63) is 28.8 Å². The van der Waals surface area contributed by atoms with Crippen LogP contribution in [0.2, 0.25) is 5.02 Å². The minimum atomic E-state index is -1.10. The number of benzene rings is 1. The molecule has 4 nitrogen and oxygen atoms in total. The molecular formula is C13H18ClNO3. The molecule has 1 aromatic carbocycles. The Morgan fingerprint density at radius 1 is 1.28 bits per heavy atom. The highest BCUT2D eigenvalue weighted by molar-refractivity contribution is 6.31. The van der Waals surface area contributed by atoms with Gasteiger partial charge < -0.3 is 15.5 Å². The number of hydrogen-bond acceptors (Lipinski definition) is 3. The van der Waals surface area contributed by atoms with Gasteiger partial charge in [0.25, 0.3) is 5.91 Å². The van der Waals surface area contributed by atoms with Gasteiger partial charge in [-0.2, -0.15) is 0 Å². The highest BCUT2D eigenvalue weighted by atomic mass is 35.5. The fraction of sp³-hybridized carbons (Fsp3) is 0.462. The Labute approximate surface area is 112 Å². The molecular weight excluding hydrogens is 254 g/mol. The summed E-state index contributed by atoms with van der Waals surface area (Å²) in [6.07, 6.45) is 0. The van der Waals surface area contributed by atoms with Crippen LogP contribution in [-0.2, 0) is 0 Å². The van der Waals surface area contributed by atoms with Gasteiger partial charge in [-0.1, -0.05) is 11.6 Å². The van der Waals surface area contributed by atoms with Crippen LogP contribution in [0.1, 0.15) is 38.1 Å². The van der Waals surface area contributed by atoms with Crippen LogP contribution in [0.3, 0.4) is 0 Å². The number of rotatable bonds is 3. The largest absolute Gasteiger partial charge is 0.507 e. The minimum Gasteiger partial charge on any atom is -0.507 e. The molecule has 0 heterocycles. The Hall–Kier alpha value is -1.26. The standard InChI is InChI=1S/C13H18ClNO3/c1-12(2,13(3,4)18)15-11(17)9-7-8(14)5-6-10(9)16/h5-7,16,18H,1-4H3,(H,15,17). The maximum absolute atomic E-state index is 12.0. The Bertz CT molecular complexity index is 464. The van der Waals surface area contributed by atoms with Crippen LogP contribution in [0.15, 0.2) is 18.2 Å². The smallest absolute Gasteiger partial charge is 0.255 e. The van der Waals surface area contributed by atoms with E-state index >= 15 is 0 Å². The predicted molar refractivity (Wildman–Crippen MR) is 71.0 cm³/mol. The monoisotopic (exact) mass is 271 g/mol. The summed E-state index contributed by atoms with van der Waals surface area (Å²) in [4.78, 5) is 12.0. The molecule has 0 aromatic heterocycles. The zero-order valence-corrected chi connectivity index (χ0v) is 11.7. The van der Waals surface area contributed by atoms with Crippen molar-refractivity contribution in [2.75, 3.05) is 0 Å². The summed E-state index contributed by atoms with van der Waals surface area (Å²) in [5.74, 6) is -0.634. The zero-order chi connectivity index (χ0) is 14.1. The highest BCUT2D eigenvalue weighted by Gasteiger charge is 2.36. The number of phenols is 1. The molecule has 0 aliphatic rings. The molecule has 0 spiro atoms. The van der Waals surface area contributed by atoms with E-state index in [0.717, 1.165) is 0 Å². The highest BCUT2D eigenvalue weighted by Crippen LogP contribution is 2.25. The second-order valence-electron chi connectivity index (χ2n) is 5.30. The minimum absolute atomic E-state index is 0.0832. The average molecular weight is 272 g/mol. The number of carbonyl (C=O) groups excluding carboxylic acids is 1. The van der Waals surface area contributed by atoms with Crippen molar-refractivity contribution >= 4 is 17.5 Å². The molecule has 0 saturated heterocycles. The fourth-order valence-corrected chi connectivity index (χ4v) is 1.37. The molecule has 0 saturated carbocycles. The molecule has 0 aliphatic carbocycles. The zero-order valence-electron chi connectivity index (χ0n) is 10.9. The van der Waals surface area contributed by atoms with E-state index in [9.17, 15) is 15.0 Å². The van der Waals surface area contributed by atoms with Gasteiger partial charge in [0.2, 0.25) is 0 Å². The van der Waals surface area contributed by atoms with E-state index in [1.54, 1.807) is 27.7 Å². The molecule has 0 aliphatic heterocycles. The van der Waals surface area contributed by atoms with Crippen molar-refractivity contribution in [1.82, 2.24) is 5.32 Å². The van der Waals surface area contributed by atoms with Crippen LogP contribution < -0.4 is 5.32 Å². The van der Waals surface area contributed by atoms with Gasteiger partial charge in [-0.3, -0.25) is 4.79 Å². The Morgan fingerprint density at radius 2 is 1.83 bits per heavy atom. The molecule has 0 fully saturated rings. The van der Waals surface area contributed by atoms with Crippen LogP contribution >= 0.6 is 11.6 Å². The lowest BCUT2D eigenvalue weighted by Gasteiger charge is -2.38. The van der Waals surface area contributed by atoms with Crippen molar-refractivity contribution < 1.29 is 15.0 Å².